The maximum Gasteiger partial charge on any atom is 0.0446 e. The van der Waals surface area contributed by atoms with Gasteiger partial charge < -0.3 is 15.5 Å². The molecule has 0 aliphatic rings. The summed E-state index contributed by atoms with van der Waals surface area (Å²) in [5.41, 5.74) is 7.96. The van der Waals surface area contributed by atoms with E-state index in [1.54, 1.807) is 0 Å². The molecule has 1 heterocycles. The van der Waals surface area contributed by atoms with Crippen LogP contribution in [0.1, 0.15) is 0 Å². The highest BCUT2D eigenvalue weighted by atomic mass is 15.2. The van der Waals surface area contributed by atoms with E-state index >= 15 is 0 Å². The molecule has 0 bridgehead atoms. The maximum absolute atomic E-state index is 5.98. The van der Waals surface area contributed by atoms with Crippen molar-refractivity contribution in [2.75, 3.05) is 44.9 Å². The number of nitrogen functional groups attached to an aromatic ring is 1. The molecule has 0 unspecified atom stereocenters. The molecule has 2 N–H and O–H groups in total. The van der Waals surface area contributed by atoms with Crippen LogP contribution in [0.5, 0.6) is 0 Å². The molecule has 2 rings (SSSR count). The van der Waals surface area contributed by atoms with Crippen LogP contribution in [-0.2, 0) is 0 Å². The number of likely N-dealkylation sites (N-methyl/N-ethyl adjacent to an activating group) is 2. The van der Waals surface area contributed by atoms with Gasteiger partial charge in [-0.15, -0.1) is 0 Å². The minimum atomic E-state index is 0.780. The number of pyridine rings is 1. The molecule has 0 fully saturated rings. The van der Waals surface area contributed by atoms with Crippen molar-refractivity contribution < 1.29 is 0 Å². The highest BCUT2D eigenvalue weighted by molar-refractivity contribution is 6.00. The highest BCUT2D eigenvalue weighted by Crippen LogP contribution is 2.29. The van der Waals surface area contributed by atoms with Crippen molar-refractivity contribution in [2.24, 2.45) is 0 Å². The SMILES string of the molecule is CN(C)CCN(C)c1ccc(N)c2cnccc12. The molecule has 0 atom stereocenters. The third-order valence-corrected chi connectivity index (χ3v) is 3.12. The number of nitrogens with two attached hydrogens (primary N) is 1. The number of fused-ring (bicyclic) bond motifs is 1. The Balaban J connectivity index is 2.36. The van der Waals surface area contributed by atoms with Crippen molar-refractivity contribution in [3.05, 3.63) is 30.6 Å². The van der Waals surface area contributed by atoms with Crippen molar-refractivity contribution in [1.29, 1.82) is 0 Å². The molecule has 1 aromatic heterocycles. The number of hydrogen-bond donors (Lipinski definition) is 1. The lowest BCUT2D eigenvalue weighted by atomic mass is 10.1. The maximum atomic E-state index is 5.98. The van der Waals surface area contributed by atoms with Crippen molar-refractivity contribution in [1.82, 2.24) is 9.88 Å². The van der Waals surface area contributed by atoms with E-state index in [0.717, 1.165) is 29.5 Å². The fourth-order valence-corrected chi connectivity index (χ4v) is 2.00. The highest BCUT2D eigenvalue weighted by Gasteiger charge is 2.08. The Morgan fingerprint density at radius 2 is 1.83 bits per heavy atom. The first kappa shape index (κ1) is 12.6. The predicted octanol–water partition coefficient (Wildman–Crippen LogP) is 1.81. The van der Waals surface area contributed by atoms with Crippen molar-refractivity contribution >= 4 is 22.1 Å². The first-order valence-corrected chi connectivity index (χ1v) is 6.07. The van der Waals surface area contributed by atoms with Gasteiger partial charge in [-0.25, -0.2) is 0 Å². The summed E-state index contributed by atoms with van der Waals surface area (Å²) in [5.74, 6) is 0. The molecule has 0 aliphatic heterocycles. The molecular weight excluding hydrogens is 224 g/mol. The third-order valence-electron chi connectivity index (χ3n) is 3.12. The molecule has 4 heteroatoms. The van der Waals surface area contributed by atoms with Crippen LogP contribution in [0.2, 0.25) is 0 Å². The average molecular weight is 244 g/mol. The van der Waals surface area contributed by atoms with E-state index in [0.29, 0.717) is 0 Å². The van der Waals surface area contributed by atoms with E-state index in [2.05, 4.69) is 42.0 Å². The standard InChI is InChI=1S/C14H20N4/c1-17(2)8-9-18(3)14-5-4-13(15)12-10-16-7-6-11(12)14/h4-7,10H,8-9,15H2,1-3H3. The first-order valence-electron chi connectivity index (χ1n) is 6.07. The molecule has 0 aliphatic carbocycles. The van der Waals surface area contributed by atoms with Crippen LogP contribution in [-0.4, -0.2) is 44.1 Å². The molecule has 0 saturated heterocycles. The van der Waals surface area contributed by atoms with Gasteiger partial charge in [0.15, 0.2) is 0 Å². The summed E-state index contributed by atoms with van der Waals surface area (Å²) >= 11 is 0. The van der Waals surface area contributed by atoms with E-state index in [1.807, 2.05) is 24.5 Å². The van der Waals surface area contributed by atoms with Crippen molar-refractivity contribution in [3.63, 3.8) is 0 Å². The minimum absolute atomic E-state index is 0.780. The van der Waals surface area contributed by atoms with Gasteiger partial charge in [-0.3, -0.25) is 4.98 Å². The largest absolute Gasteiger partial charge is 0.398 e. The second kappa shape index (κ2) is 5.23. The fraction of sp³-hybridized carbons (Fsp3) is 0.357. The van der Waals surface area contributed by atoms with E-state index in [1.165, 1.54) is 5.69 Å². The molecule has 0 saturated carbocycles. The number of anilines is 2. The number of aromatic nitrogens is 1. The normalized spacial score (nSPS) is 11.1. The monoisotopic (exact) mass is 244 g/mol. The van der Waals surface area contributed by atoms with Gasteiger partial charge in [-0.1, -0.05) is 0 Å². The third kappa shape index (κ3) is 2.54. The van der Waals surface area contributed by atoms with Crippen molar-refractivity contribution in [3.8, 4) is 0 Å². The Hall–Kier alpha value is -1.81. The van der Waals surface area contributed by atoms with E-state index in [4.69, 9.17) is 5.73 Å². The number of nitrogens with zero attached hydrogens (tertiary/aromatic N) is 3. The Morgan fingerprint density at radius 1 is 1.06 bits per heavy atom. The molecule has 0 spiro atoms. The molecule has 18 heavy (non-hydrogen) atoms. The lowest BCUT2D eigenvalue weighted by molar-refractivity contribution is 0.416. The van der Waals surface area contributed by atoms with Crippen LogP contribution in [0.25, 0.3) is 10.8 Å². The van der Waals surface area contributed by atoms with Gasteiger partial charge in [0, 0.05) is 54.7 Å². The van der Waals surface area contributed by atoms with Gasteiger partial charge in [0.2, 0.25) is 0 Å². The minimum Gasteiger partial charge on any atom is -0.398 e. The summed E-state index contributed by atoms with van der Waals surface area (Å²) in [7, 11) is 6.27. The Bertz CT molecular complexity index is 536. The van der Waals surface area contributed by atoms with Crippen LogP contribution in [0.3, 0.4) is 0 Å². The summed E-state index contributed by atoms with van der Waals surface area (Å²) in [6, 6.07) is 6.05. The van der Waals surface area contributed by atoms with Crippen LogP contribution in [0.15, 0.2) is 30.6 Å². The zero-order valence-corrected chi connectivity index (χ0v) is 11.2. The summed E-state index contributed by atoms with van der Waals surface area (Å²) in [5, 5.41) is 2.18. The van der Waals surface area contributed by atoms with Gasteiger partial charge in [0.05, 0.1) is 0 Å². The molecule has 4 nitrogen and oxygen atoms in total. The van der Waals surface area contributed by atoms with Gasteiger partial charge in [-0.2, -0.15) is 0 Å². The molecular formula is C14H20N4. The van der Waals surface area contributed by atoms with Gasteiger partial charge in [0.25, 0.3) is 0 Å². The first-order chi connectivity index (χ1) is 8.59. The summed E-state index contributed by atoms with van der Waals surface area (Å²) < 4.78 is 0. The molecule has 0 radical (unpaired) electrons. The van der Waals surface area contributed by atoms with Crippen LogP contribution >= 0.6 is 0 Å². The zero-order chi connectivity index (χ0) is 13.1. The quantitative estimate of drug-likeness (QED) is 0.833. The fourth-order valence-electron chi connectivity index (χ4n) is 2.00. The zero-order valence-electron chi connectivity index (χ0n) is 11.2. The molecule has 1 aromatic carbocycles. The Morgan fingerprint density at radius 3 is 2.56 bits per heavy atom. The number of benzene rings is 1. The van der Waals surface area contributed by atoms with E-state index < -0.39 is 0 Å². The van der Waals surface area contributed by atoms with Crippen LogP contribution < -0.4 is 10.6 Å². The van der Waals surface area contributed by atoms with Crippen molar-refractivity contribution in [2.45, 2.75) is 0 Å². The Kier molecular flexibility index (Phi) is 3.67. The Labute approximate surface area is 108 Å². The lowest BCUT2D eigenvalue weighted by Crippen LogP contribution is -2.28. The van der Waals surface area contributed by atoms with Gasteiger partial charge in [-0.05, 0) is 32.3 Å². The van der Waals surface area contributed by atoms with E-state index in [9.17, 15) is 0 Å². The number of rotatable bonds is 4. The van der Waals surface area contributed by atoms with E-state index in [-0.39, 0.29) is 0 Å². The lowest BCUT2D eigenvalue weighted by Gasteiger charge is -2.23. The summed E-state index contributed by atoms with van der Waals surface area (Å²) in [4.78, 5) is 8.57. The second-order valence-corrected chi connectivity index (χ2v) is 4.82. The second-order valence-electron chi connectivity index (χ2n) is 4.82. The molecule has 96 valence electrons. The number of hydrogen-bond acceptors (Lipinski definition) is 4. The van der Waals surface area contributed by atoms with Crippen LogP contribution in [0, 0.1) is 0 Å². The van der Waals surface area contributed by atoms with Crippen LogP contribution in [0.4, 0.5) is 11.4 Å². The summed E-state index contributed by atoms with van der Waals surface area (Å²) in [6.07, 6.45) is 3.64. The van der Waals surface area contributed by atoms with Gasteiger partial charge >= 0.3 is 0 Å². The average Bonchev–Trinajstić information content (AvgIpc) is 2.37. The van der Waals surface area contributed by atoms with Gasteiger partial charge in [0.1, 0.15) is 0 Å². The smallest absolute Gasteiger partial charge is 0.0446 e. The molecule has 2 aromatic rings. The molecule has 0 amide bonds. The predicted molar refractivity (Wildman–Crippen MR) is 78.0 cm³/mol. The topological polar surface area (TPSA) is 45.4 Å². The summed E-state index contributed by atoms with van der Waals surface area (Å²) in [6.45, 7) is 2.00.